The van der Waals surface area contributed by atoms with Gasteiger partial charge in [0.25, 0.3) is 0 Å². The largest absolute Gasteiger partial charge is 0.466 e. The molecule has 28 heavy (non-hydrogen) atoms. The summed E-state index contributed by atoms with van der Waals surface area (Å²) in [5, 5.41) is 0.459. The maximum absolute atomic E-state index is 12.7. The van der Waals surface area contributed by atoms with Crippen LogP contribution in [0.1, 0.15) is 73.5 Å². The third-order valence-electron chi connectivity index (χ3n) is 4.40. The van der Waals surface area contributed by atoms with Crippen molar-refractivity contribution in [3.8, 4) is 5.75 Å². The standard InChI is InChI=1S/C23H27ClO4/c1-6-27-21(25)13-18-10-17(14(2)3)12-20(15(4)5)22(18)28-23(26)16-8-7-9-19(24)11-16/h7-12,14-15H,6,13H2,1-5H3. The van der Waals surface area contributed by atoms with E-state index in [4.69, 9.17) is 21.1 Å². The lowest BCUT2D eigenvalue weighted by molar-refractivity contribution is -0.142. The number of ether oxygens (including phenoxy) is 2. The molecule has 0 heterocycles. The number of benzene rings is 2. The van der Waals surface area contributed by atoms with Gasteiger partial charge >= 0.3 is 11.9 Å². The first-order chi connectivity index (χ1) is 13.2. The van der Waals surface area contributed by atoms with Crippen molar-refractivity contribution in [1.29, 1.82) is 0 Å². The highest BCUT2D eigenvalue weighted by Gasteiger charge is 2.22. The summed E-state index contributed by atoms with van der Waals surface area (Å²) in [5.74, 6) is -0.0414. The highest BCUT2D eigenvalue weighted by atomic mass is 35.5. The predicted molar refractivity (Wildman–Crippen MR) is 111 cm³/mol. The summed E-state index contributed by atoms with van der Waals surface area (Å²) in [6, 6.07) is 10.6. The quantitative estimate of drug-likeness (QED) is 0.426. The van der Waals surface area contributed by atoms with Crippen molar-refractivity contribution in [2.45, 2.75) is 52.9 Å². The van der Waals surface area contributed by atoms with E-state index in [1.807, 2.05) is 26.0 Å². The van der Waals surface area contributed by atoms with E-state index in [1.54, 1.807) is 31.2 Å². The van der Waals surface area contributed by atoms with Crippen molar-refractivity contribution in [2.75, 3.05) is 6.61 Å². The SMILES string of the molecule is CCOC(=O)Cc1cc(C(C)C)cc(C(C)C)c1OC(=O)c1cccc(Cl)c1. The van der Waals surface area contributed by atoms with E-state index in [1.165, 1.54) is 0 Å². The molecule has 2 aromatic rings. The average molecular weight is 403 g/mol. The minimum Gasteiger partial charge on any atom is -0.466 e. The number of carbonyl (C=O) groups is 2. The van der Waals surface area contributed by atoms with E-state index < -0.39 is 5.97 Å². The Hall–Kier alpha value is -2.33. The van der Waals surface area contributed by atoms with Gasteiger partial charge < -0.3 is 9.47 Å². The molecule has 0 aliphatic rings. The van der Waals surface area contributed by atoms with Gasteiger partial charge in [-0.15, -0.1) is 0 Å². The molecule has 2 rings (SSSR count). The predicted octanol–water partition coefficient (Wildman–Crippen LogP) is 5.91. The highest BCUT2D eigenvalue weighted by Crippen LogP contribution is 2.35. The normalized spacial score (nSPS) is 11.0. The van der Waals surface area contributed by atoms with Gasteiger partial charge in [-0.25, -0.2) is 4.79 Å². The molecular weight excluding hydrogens is 376 g/mol. The first-order valence-electron chi connectivity index (χ1n) is 9.53. The lowest BCUT2D eigenvalue weighted by Gasteiger charge is -2.20. The Labute approximate surface area is 171 Å². The molecular formula is C23H27ClO4. The summed E-state index contributed by atoms with van der Waals surface area (Å²) in [5.41, 5.74) is 2.99. The van der Waals surface area contributed by atoms with Crippen LogP contribution >= 0.6 is 11.6 Å². The van der Waals surface area contributed by atoms with Crippen LogP contribution in [-0.2, 0) is 16.0 Å². The Balaban J connectivity index is 2.51. The smallest absolute Gasteiger partial charge is 0.343 e. The second kappa shape index (κ2) is 9.74. The highest BCUT2D eigenvalue weighted by molar-refractivity contribution is 6.30. The zero-order valence-corrected chi connectivity index (χ0v) is 17.8. The lowest BCUT2D eigenvalue weighted by atomic mass is 9.91. The number of hydrogen-bond donors (Lipinski definition) is 0. The molecule has 0 amide bonds. The summed E-state index contributed by atoms with van der Waals surface area (Å²) in [4.78, 5) is 24.9. The molecule has 0 unspecified atom stereocenters. The molecule has 0 saturated heterocycles. The first-order valence-corrected chi connectivity index (χ1v) is 9.90. The maximum Gasteiger partial charge on any atom is 0.343 e. The second-order valence-corrected chi connectivity index (χ2v) is 7.73. The van der Waals surface area contributed by atoms with Crippen LogP contribution in [0.15, 0.2) is 36.4 Å². The van der Waals surface area contributed by atoms with Crippen LogP contribution in [0.5, 0.6) is 5.75 Å². The van der Waals surface area contributed by atoms with Crippen LogP contribution in [0.4, 0.5) is 0 Å². The van der Waals surface area contributed by atoms with E-state index in [2.05, 4.69) is 13.8 Å². The van der Waals surface area contributed by atoms with Crippen molar-refractivity contribution in [3.05, 3.63) is 63.7 Å². The Bertz CT molecular complexity index is 856. The van der Waals surface area contributed by atoms with Gasteiger partial charge in [0.15, 0.2) is 0 Å². The van der Waals surface area contributed by atoms with Crippen molar-refractivity contribution in [1.82, 2.24) is 0 Å². The molecule has 5 heteroatoms. The van der Waals surface area contributed by atoms with Crippen molar-refractivity contribution >= 4 is 23.5 Å². The van der Waals surface area contributed by atoms with E-state index in [9.17, 15) is 9.59 Å². The molecule has 0 aliphatic heterocycles. The molecule has 0 fully saturated rings. The summed E-state index contributed by atoms with van der Waals surface area (Å²) in [6.07, 6.45) is 0.0479. The first kappa shape index (κ1) is 22.0. The van der Waals surface area contributed by atoms with Crippen molar-refractivity contribution in [2.24, 2.45) is 0 Å². The molecule has 0 aromatic heterocycles. The summed E-state index contributed by atoms with van der Waals surface area (Å²) in [6.45, 7) is 10.3. The van der Waals surface area contributed by atoms with Crippen molar-refractivity contribution in [3.63, 3.8) is 0 Å². The topological polar surface area (TPSA) is 52.6 Å². The lowest BCUT2D eigenvalue weighted by Crippen LogP contribution is -2.15. The summed E-state index contributed by atoms with van der Waals surface area (Å²) < 4.78 is 10.9. The van der Waals surface area contributed by atoms with Gasteiger partial charge in [0, 0.05) is 10.6 Å². The van der Waals surface area contributed by atoms with Crippen LogP contribution in [0.25, 0.3) is 0 Å². The fraction of sp³-hybridized carbons (Fsp3) is 0.391. The van der Waals surface area contributed by atoms with Gasteiger partial charge in [-0.2, -0.15) is 0 Å². The number of esters is 2. The molecule has 0 aliphatic carbocycles. The fourth-order valence-corrected chi connectivity index (χ4v) is 3.08. The van der Waals surface area contributed by atoms with Crippen molar-refractivity contribution < 1.29 is 19.1 Å². The van der Waals surface area contributed by atoms with E-state index in [-0.39, 0.29) is 24.2 Å². The number of carbonyl (C=O) groups excluding carboxylic acids is 2. The molecule has 0 atom stereocenters. The van der Waals surface area contributed by atoms with Gasteiger partial charge in [0.05, 0.1) is 18.6 Å². The van der Waals surface area contributed by atoms with Crippen LogP contribution in [0, 0.1) is 0 Å². The molecule has 0 bridgehead atoms. The summed E-state index contributed by atoms with van der Waals surface area (Å²) >= 11 is 6.00. The minimum absolute atomic E-state index is 0.0479. The van der Waals surface area contributed by atoms with Gasteiger partial charge in [-0.3, -0.25) is 4.79 Å². The van der Waals surface area contributed by atoms with E-state index in [0.29, 0.717) is 28.5 Å². The van der Waals surface area contributed by atoms with Crippen LogP contribution < -0.4 is 4.74 Å². The third kappa shape index (κ3) is 5.59. The molecule has 0 spiro atoms. The van der Waals surface area contributed by atoms with Gasteiger partial charge in [-0.05, 0) is 48.1 Å². The van der Waals surface area contributed by atoms with Gasteiger partial charge in [0.1, 0.15) is 5.75 Å². The van der Waals surface area contributed by atoms with Gasteiger partial charge in [0.2, 0.25) is 0 Å². The fourth-order valence-electron chi connectivity index (χ4n) is 2.89. The maximum atomic E-state index is 12.7. The second-order valence-electron chi connectivity index (χ2n) is 7.29. The summed E-state index contributed by atoms with van der Waals surface area (Å²) in [7, 11) is 0. The van der Waals surface area contributed by atoms with E-state index >= 15 is 0 Å². The Morgan fingerprint density at radius 1 is 1.04 bits per heavy atom. The number of rotatable bonds is 7. The van der Waals surface area contributed by atoms with E-state index in [0.717, 1.165) is 11.1 Å². The monoisotopic (exact) mass is 402 g/mol. The zero-order valence-electron chi connectivity index (χ0n) is 17.0. The van der Waals surface area contributed by atoms with Gasteiger partial charge in [-0.1, -0.05) is 57.5 Å². The Morgan fingerprint density at radius 2 is 1.75 bits per heavy atom. The molecule has 0 saturated carbocycles. The minimum atomic E-state index is -0.508. The molecule has 2 aromatic carbocycles. The van der Waals surface area contributed by atoms with Crippen LogP contribution in [0.2, 0.25) is 5.02 Å². The number of halogens is 1. The molecule has 4 nitrogen and oxygen atoms in total. The Kier molecular flexibility index (Phi) is 7.64. The molecule has 150 valence electrons. The molecule has 0 N–H and O–H groups in total. The van der Waals surface area contributed by atoms with Crippen LogP contribution in [0.3, 0.4) is 0 Å². The molecule has 0 radical (unpaired) electrons. The third-order valence-corrected chi connectivity index (χ3v) is 4.64. The zero-order chi connectivity index (χ0) is 20.8. The van der Waals surface area contributed by atoms with Crippen LogP contribution in [-0.4, -0.2) is 18.5 Å². The Morgan fingerprint density at radius 3 is 2.32 bits per heavy atom. The average Bonchev–Trinajstić information content (AvgIpc) is 2.62. The number of hydrogen-bond acceptors (Lipinski definition) is 4.